The molecule has 0 spiro atoms. The van der Waals surface area contributed by atoms with Gasteiger partial charge in [0.1, 0.15) is 0 Å². The Balaban J connectivity index is 1.33. The zero-order valence-corrected chi connectivity index (χ0v) is 13.4. The molecule has 3 nitrogen and oxygen atoms in total. The third-order valence-corrected chi connectivity index (χ3v) is 5.76. The molecule has 3 rings (SSSR count). The van der Waals surface area contributed by atoms with Crippen molar-refractivity contribution in [2.24, 2.45) is 5.92 Å². The molecule has 2 saturated heterocycles. The summed E-state index contributed by atoms with van der Waals surface area (Å²) in [5.41, 5.74) is 0. The molecule has 1 aliphatic carbocycles. The van der Waals surface area contributed by atoms with Crippen LogP contribution in [0, 0.1) is 5.92 Å². The molecule has 2 aliphatic heterocycles. The van der Waals surface area contributed by atoms with Crippen molar-refractivity contribution in [1.82, 2.24) is 14.7 Å². The van der Waals surface area contributed by atoms with E-state index in [2.05, 4.69) is 21.6 Å². The highest BCUT2D eigenvalue weighted by molar-refractivity contribution is 4.85. The third kappa shape index (κ3) is 3.75. The van der Waals surface area contributed by atoms with Crippen molar-refractivity contribution in [2.75, 3.05) is 52.4 Å². The zero-order valence-electron chi connectivity index (χ0n) is 13.4. The number of hydrogen-bond donors (Lipinski definition) is 0. The first kappa shape index (κ1) is 14.8. The quantitative estimate of drug-likeness (QED) is 0.764. The van der Waals surface area contributed by atoms with Gasteiger partial charge in [-0.1, -0.05) is 13.3 Å². The molecular formula is C17H33N3. The SMILES string of the molecule is CCCN1CCC(CN2CCN(C3CCC3)CC2)CC1. The normalized spacial score (nSPS) is 28.6. The van der Waals surface area contributed by atoms with Crippen LogP contribution in [0.2, 0.25) is 0 Å². The average molecular weight is 279 g/mol. The summed E-state index contributed by atoms with van der Waals surface area (Å²) < 4.78 is 0. The number of likely N-dealkylation sites (tertiary alicyclic amines) is 1. The fourth-order valence-corrected chi connectivity index (χ4v) is 4.14. The van der Waals surface area contributed by atoms with Crippen molar-refractivity contribution < 1.29 is 0 Å². The van der Waals surface area contributed by atoms with Gasteiger partial charge in [-0.25, -0.2) is 0 Å². The lowest BCUT2D eigenvalue weighted by atomic mass is 9.91. The summed E-state index contributed by atoms with van der Waals surface area (Å²) in [6.07, 6.45) is 8.59. The van der Waals surface area contributed by atoms with E-state index < -0.39 is 0 Å². The van der Waals surface area contributed by atoms with Gasteiger partial charge in [-0.05, 0) is 57.7 Å². The molecule has 2 heterocycles. The zero-order chi connectivity index (χ0) is 13.8. The number of nitrogens with zero attached hydrogens (tertiary/aromatic N) is 3. The van der Waals surface area contributed by atoms with Gasteiger partial charge in [-0.3, -0.25) is 4.90 Å². The summed E-state index contributed by atoms with van der Waals surface area (Å²) in [6, 6.07) is 0.953. The van der Waals surface area contributed by atoms with Crippen LogP contribution in [0.15, 0.2) is 0 Å². The Bertz CT molecular complexity index is 274. The summed E-state index contributed by atoms with van der Waals surface area (Å²) in [5, 5.41) is 0. The van der Waals surface area contributed by atoms with Crippen LogP contribution in [0.3, 0.4) is 0 Å². The van der Waals surface area contributed by atoms with E-state index in [1.165, 1.54) is 90.9 Å². The summed E-state index contributed by atoms with van der Waals surface area (Å²) in [6.45, 7) is 13.0. The monoisotopic (exact) mass is 279 g/mol. The highest BCUT2D eigenvalue weighted by Crippen LogP contribution is 2.26. The summed E-state index contributed by atoms with van der Waals surface area (Å²) in [7, 11) is 0. The van der Waals surface area contributed by atoms with Gasteiger partial charge in [0.05, 0.1) is 0 Å². The van der Waals surface area contributed by atoms with Crippen LogP contribution in [-0.2, 0) is 0 Å². The van der Waals surface area contributed by atoms with Crippen molar-refractivity contribution in [2.45, 2.75) is 51.5 Å². The molecule has 0 aromatic carbocycles. The minimum absolute atomic E-state index is 0.953. The van der Waals surface area contributed by atoms with Crippen molar-refractivity contribution in [1.29, 1.82) is 0 Å². The minimum Gasteiger partial charge on any atom is -0.303 e. The van der Waals surface area contributed by atoms with Crippen molar-refractivity contribution in [3.8, 4) is 0 Å². The fourth-order valence-electron chi connectivity index (χ4n) is 4.14. The van der Waals surface area contributed by atoms with Crippen LogP contribution < -0.4 is 0 Å². The lowest BCUT2D eigenvalue weighted by Crippen LogP contribution is -2.53. The molecule has 1 saturated carbocycles. The number of piperazine rings is 1. The molecule has 0 N–H and O–H groups in total. The molecule has 3 aliphatic rings. The predicted octanol–water partition coefficient (Wildman–Crippen LogP) is 2.28. The van der Waals surface area contributed by atoms with Gasteiger partial charge in [-0.15, -0.1) is 0 Å². The number of hydrogen-bond acceptors (Lipinski definition) is 3. The van der Waals surface area contributed by atoms with E-state index in [-0.39, 0.29) is 0 Å². The van der Waals surface area contributed by atoms with E-state index in [4.69, 9.17) is 0 Å². The van der Waals surface area contributed by atoms with Gasteiger partial charge in [0.15, 0.2) is 0 Å². The molecule has 0 aromatic heterocycles. The average Bonchev–Trinajstić information content (AvgIpc) is 2.42. The van der Waals surface area contributed by atoms with Crippen LogP contribution in [0.25, 0.3) is 0 Å². The van der Waals surface area contributed by atoms with E-state index >= 15 is 0 Å². The number of piperidine rings is 1. The van der Waals surface area contributed by atoms with Crippen molar-refractivity contribution >= 4 is 0 Å². The Hall–Kier alpha value is -0.120. The summed E-state index contributed by atoms with van der Waals surface area (Å²) in [5.74, 6) is 0.971. The minimum atomic E-state index is 0.953. The van der Waals surface area contributed by atoms with E-state index in [1.54, 1.807) is 0 Å². The Morgan fingerprint density at radius 2 is 1.50 bits per heavy atom. The molecule has 0 atom stereocenters. The Kier molecular flexibility index (Phi) is 5.36. The molecule has 3 heteroatoms. The Morgan fingerprint density at radius 3 is 2.05 bits per heavy atom. The first-order valence-electron chi connectivity index (χ1n) is 9.04. The lowest BCUT2D eigenvalue weighted by Gasteiger charge is -2.44. The first-order valence-corrected chi connectivity index (χ1v) is 9.04. The molecule has 0 radical (unpaired) electrons. The number of rotatable bonds is 5. The van der Waals surface area contributed by atoms with Crippen molar-refractivity contribution in [3.05, 3.63) is 0 Å². The van der Waals surface area contributed by atoms with Gasteiger partial charge in [0.2, 0.25) is 0 Å². The van der Waals surface area contributed by atoms with E-state index in [9.17, 15) is 0 Å². The van der Waals surface area contributed by atoms with Gasteiger partial charge in [0, 0.05) is 38.8 Å². The van der Waals surface area contributed by atoms with E-state index in [1.807, 2.05) is 0 Å². The van der Waals surface area contributed by atoms with Crippen LogP contribution >= 0.6 is 0 Å². The van der Waals surface area contributed by atoms with Crippen LogP contribution in [-0.4, -0.2) is 73.1 Å². The second-order valence-corrected chi connectivity index (χ2v) is 7.21. The molecule has 116 valence electrons. The predicted molar refractivity (Wildman–Crippen MR) is 85.1 cm³/mol. The maximum atomic E-state index is 2.75. The van der Waals surface area contributed by atoms with Gasteiger partial charge < -0.3 is 9.80 Å². The van der Waals surface area contributed by atoms with Gasteiger partial charge in [0.25, 0.3) is 0 Å². The topological polar surface area (TPSA) is 9.72 Å². The highest BCUT2D eigenvalue weighted by atomic mass is 15.3. The maximum absolute atomic E-state index is 2.75. The van der Waals surface area contributed by atoms with Gasteiger partial charge >= 0.3 is 0 Å². The third-order valence-electron chi connectivity index (χ3n) is 5.76. The molecule has 3 fully saturated rings. The largest absolute Gasteiger partial charge is 0.303 e. The molecule has 0 unspecified atom stereocenters. The first-order chi connectivity index (χ1) is 9.85. The fraction of sp³-hybridized carbons (Fsp3) is 1.00. The van der Waals surface area contributed by atoms with Crippen LogP contribution in [0.5, 0.6) is 0 Å². The maximum Gasteiger partial charge on any atom is 0.0113 e. The van der Waals surface area contributed by atoms with Crippen molar-refractivity contribution in [3.63, 3.8) is 0 Å². The summed E-state index contributed by atoms with van der Waals surface area (Å²) >= 11 is 0. The van der Waals surface area contributed by atoms with Crippen LogP contribution in [0.4, 0.5) is 0 Å². The van der Waals surface area contributed by atoms with E-state index in [0.29, 0.717) is 0 Å². The molecular weight excluding hydrogens is 246 g/mol. The van der Waals surface area contributed by atoms with Crippen LogP contribution in [0.1, 0.15) is 45.4 Å². The molecule has 20 heavy (non-hydrogen) atoms. The summed E-state index contributed by atoms with van der Waals surface area (Å²) in [4.78, 5) is 8.16. The lowest BCUT2D eigenvalue weighted by molar-refractivity contribution is 0.0482. The van der Waals surface area contributed by atoms with E-state index in [0.717, 1.165) is 12.0 Å². The highest BCUT2D eigenvalue weighted by Gasteiger charge is 2.29. The second kappa shape index (κ2) is 7.24. The van der Waals surface area contributed by atoms with Gasteiger partial charge in [-0.2, -0.15) is 0 Å². The molecule has 0 amide bonds. The molecule has 0 aromatic rings. The molecule has 0 bridgehead atoms. The Morgan fingerprint density at radius 1 is 0.800 bits per heavy atom. The second-order valence-electron chi connectivity index (χ2n) is 7.21. The standard InChI is InChI=1S/C17H33N3/c1-2-8-18-9-6-16(7-10-18)15-19-11-13-20(14-12-19)17-4-3-5-17/h16-17H,2-15H2,1H3. The smallest absolute Gasteiger partial charge is 0.0113 e. The Labute approximate surface area is 125 Å².